The number of halogens is 2. The summed E-state index contributed by atoms with van der Waals surface area (Å²) in [4.78, 5) is 23.9. The van der Waals surface area contributed by atoms with E-state index in [4.69, 9.17) is 25.8 Å². The van der Waals surface area contributed by atoms with Crippen molar-refractivity contribution in [3.63, 3.8) is 0 Å². The van der Waals surface area contributed by atoms with Crippen LogP contribution < -0.4 is 4.74 Å². The molecule has 0 spiro atoms. The zero-order valence-electron chi connectivity index (χ0n) is 11.5. The molecule has 1 heterocycles. The van der Waals surface area contributed by atoms with E-state index in [0.717, 1.165) is 0 Å². The van der Waals surface area contributed by atoms with Crippen LogP contribution in [0.1, 0.15) is 19.4 Å². The Balaban J connectivity index is 2.52. The predicted molar refractivity (Wildman–Crippen MR) is 79.9 cm³/mol. The summed E-state index contributed by atoms with van der Waals surface area (Å²) in [5, 5.41) is 0.327. The van der Waals surface area contributed by atoms with E-state index < -0.39 is 17.7 Å². The number of hydrogen-bond donors (Lipinski definition) is 0. The van der Waals surface area contributed by atoms with Crippen LogP contribution in [0.4, 0.5) is 0 Å². The van der Waals surface area contributed by atoms with Gasteiger partial charge in [0, 0.05) is 19.4 Å². The van der Waals surface area contributed by atoms with Gasteiger partial charge in [-0.2, -0.15) is 0 Å². The normalized spacial score (nSPS) is 17.1. The lowest BCUT2D eigenvalue weighted by Gasteiger charge is -2.29. The van der Waals surface area contributed by atoms with E-state index in [-0.39, 0.29) is 5.57 Å². The first-order chi connectivity index (χ1) is 9.75. The molecule has 1 aromatic rings. The van der Waals surface area contributed by atoms with Gasteiger partial charge in [0.2, 0.25) is 0 Å². The molecule has 0 unspecified atom stereocenters. The molecular weight excluding hydrogens is 364 g/mol. The maximum atomic E-state index is 11.9. The summed E-state index contributed by atoms with van der Waals surface area (Å²) in [6.45, 7) is 2.96. The van der Waals surface area contributed by atoms with E-state index in [1.165, 1.54) is 27.0 Å². The van der Waals surface area contributed by atoms with E-state index >= 15 is 0 Å². The van der Waals surface area contributed by atoms with Crippen LogP contribution in [0.3, 0.4) is 0 Å². The van der Waals surface area contributed by atoms with Gasteiger partial charge in [0.1, 0.15) is 11.3 Å². The van der Waals surface area contributed by atoms with Crippen LogP contribution >= 0.6 is 27.5 Å². The molecule has 7 heteroatoms. The molecule has 2 rings (SSSR count). The van der Waals surface area contributed by atoms with Crippen molar-refractivity contribution in [2.24, 2.45) is 0 Å². The van der Waals surface area contributed by atoms with Crippen LogP contribution in [0.2, 0.25) is 5.02 Å². The third kappa shape index (κ3) is 3.22. The van der Waals surface area contributed by atoms with Crippen LogP contribution in [0, 0.1) is 0 Å². The lowest BCUT2D eigenvalue weighted by Crippen LogP contribution is -2.41. The Labute approximate surface area is 134 Å². The van der Waals surface area contributed by atoms with Gasteiger partial charge in [-0.3, -0.25) is 0 Å². The summed E-state index contributed by atoms with van der Waals surface area (Å²) in [6.07, 6.45) is 1.30. The van der Waals surface area contributed by atoms with Gasteiger partial charge in [-0.25, -0.2) is 9.59 Å². The molecule has 1 fully saturated rings. The summed E-state index contributed by atoms with van der Waals surface area (Å²) in [5.41, 5.74) is 0.143. The quantitative estimate of drug-likeness (QED) is 0.451. The Morgan fingerprint density at radius 1 is 1.24 bits per heavy atom. The molecule has 5 nitrogen and oxygen atoms in total. The van der Waals surface area contributed by atoms with Crippen LogP contribution in [-0.2, 0) is 19.1 Å². The molecule has 112 valence electrons. The molecule has 1 aliphatic rings. The minimum atomic E-state index is -1.28. The highest BCUT2D eigenvalue weighted by Gasteiger charge is 2.39. The number of carbonyl (C=O) groups is 2. The molecule has 21 heavy (non-hydrogen) atoms. The Hall–Kier alpha value is -1.53. The average Bonchev–Trinajstić information content (AvgIpc) is 2.36. The largest absolute Gasteiger partial charge is 0.495 e. The number of methoxy groups -OCH3 is 1. The summed E-state index contributed by atoms with van der Waals surface area (Å²) in [5.74, 6) is -2.42. The molecule has 0 aromatic heterocycles. The first kappa shape index (κ1) is 15.9. The maximum Gasteiger partial charge on any atom is 0.348 e. The van der Waals surface area contributed by atoms with Gasteiger partial charge in [-0.1, -0.05) is 11.6 Å². The number of rotatable bonds is 2. The first-order valence-electron chi connectivity index (χ1n) is 5.95. The molecule has 0 saturated carbocycles. The molecule has 1 aliphatic heterocycles. The molecule has 1 aromatic carbocycles. The van der Waals surface area contributed by atoms with Crippen LogP contribution in [-0.4, -0.2) is 24.8 Å². The highest BCUT2D eigenvalue weighted by atomic mass is 79.9. The number of hydrogen-bond acceptors (Lipinski definition) is 5. The van der Waals surface area contributed by atoms with E-state index in [9.17, 15) is 9.59 Å². The van der Waals surface area contributed by atoms with Gasteiger partial charge < -0.3 is 14.2 Å². The van der Waals surface area contributed by atoms with Gasteiger partial charge in [0.25, 0.3) is 5.79 Å². The van der Waals surface area contributed by atoms with Crippen LogP contribution in [0.15, 0.2) is 22.2 Å². The lowest BCUT2D eigenvalue weighted by atomic mass is 10.1. The highest BCUT2D eigenvalue weighted by molar-refractivity contribution is 9.10. The molecule has 0 aliphatic carbocycles. The van der Waals surface area contributed by atoms with E-state index in [0.29, 0.717) is 20.8 Å². The minimum Gasteiger partial charge on any atom is -0.495 e. The van der Waals surface area contributed by atoms with E-state index in [1.54, 1.807) is 12.1 Å². The van der Waals surface area contributed by atoms with Gasteiger partial charge in [0.05, 0.1) is 16.6 Å². The predicted octanol–water partition coefficient (Wildman–Crippen LogP) is 3.33. The van der Waals surface area contributed by atoms with Gasteiger partial charge in [-0.15, -0.1) is 0 Å². The minimum absolute atomic E-state index is 0.243. The van der Waals surface area contributed by atoms with Crippen molar-refractivity contribution in [3.05, 3.63) is 32.8 Å². The van der Waals surface area contributed by atoms with Crippen molar-refractivity contribution in [1.29, 1.82) is 0 Å². The molecule has 0 amide bonds. The second-order valence-corrected chi connectivity index (χ2v) is 5.97. The monoisotopic (exact) mass is 374 g/mol. The zero-order chi connectivity index (χ0) is 15.8. The van der Waals surface area contributed by atoms with Crippen molar-refractivity contribution < 1.29 is 23.8 Å². The van der Waals surface area contributed by atoms with E-state index in [1.807, 2.05) is 0 Å². The fourth-order valence-electron chi connectivity index (χ4n) is 1.81. The van der Waals surface area contributed by atoms with Crippen LogP contribution in [0.5, 0.6) is 5.75 Å². The first-order valence-corrected chi connectivity index (χ1v) is 7.12. The van der Waals surface area contributed by atoms with Gasteiger partial charge >= 0.3 is 11.9 Å². The second kappa shape index (κ2) is 5.69. The van der Waals surface area contributed by atoms with Crippen molar-refractivity contribution in [1.82, 2.24) is 0 Å². The average molecular weight is 376 g/mol. The fraction of sp³-hybridized carbons (Fsp3) is 0.286. The summed E-state index contributed by atoms with van der Waals surface area (Å²) in [7, 11) is 1.46. The number of carbonyl (C=O) groups excluding carboxylic acids is 2. The van der Waals surface area contributed by atoms with Gasteiger partial charge in [0.15, 0.2) is 0 Å². The summed E-state index contributed by atoms with van der Waals surface area (Å²) in [6, 6.07) is 3.31. The number of cyclic esters (lactones) is 2. The van der Waals surface area contributed by atoms with Crippen LogP contribution in [0.25, 0.3) is 6.08 Å². The summed E-state index contributed by atoms with van der Waals surface area (Å²) < 4.78 is 15.9. The number of benzene rings is 1. The zero-order valence-corrected chi connectivity index (χ0v) is 13.9. The van der Waals surface area contributed by atoms with Crippen molar-refractivity contribution in [2.45, 2.75) is 19.6 Å². The fourth-order valence-corrected chi connectivity index (χ4v) is 2.52. The molecule has 0 atom stereocenters. The maximum absolute atomic E-state index is 11.9. The number of ether oxygens (including phenoxy) is 3. The number of esters is 2. The van der Waals surface area contributed by atoms with Crippen molar-refractivity contribution in [3.8, 4) is 5.75 Å². The molecular formula is C14H12BrClO5. The second-order valence-electron chi connectivity index (χ2n) is 4.71. The molecule has 0 bridgehead atoms. The Morgan fingerprint density at radius 2 is 1.81 bits per heavy atom. The Bertz CT molecular complexity index is 629. The van der Waals surface area contributed by atoms with Crippen molar-refractivity contribution in [2.75, 3.05) is 7.11 Å². The van der Waals surface area contributed by atoms with Gasteiger partial charge in [-0.05, 0) is 34.1 Å². The Morgan fingerprint density at radius 3 is 2.33 bits per heavy atom. The third-order valence-corrected chi connectivity index (χ3v) is 3.66. The Kier molecular flexibility index (Phi) is 4.30. The topological polar surface area (TPSA) is 61.8 Å². The highest BCUT2D eigenvalue weighted by Crippen LogP contribution is 2.36. The molecule has 1 saturated heterocycles. The summed E-state index contributed by atoms with van der Waals surface area (Å²) >= 11 is 9.41. The SMILES string of the molecule is COc1c(Br)ccc(Cl)c1C=C1C(=O)OC(C)(C)OC1=O. The molecule has 0 N–H and O–H groups in total. The standard InChI is InChI=1S/C14H12BrClO5/c1-14(2)20-12(17)8(13(18)21-14)6-7-10(16)5-4-9(15)11(7)19-3/h4-6H,1-3H3. The molecule has 0 radical (unpaired) electrons. The van der Waals surface area contributed by atoms with Crippen molar-refractivity contribution >= 4 is 45.5 Å². The lowest BCUT2D eigenvalue weighted by molar-refractivity contribution is -0.222. The van der Waals surface area contributed by atoms with E-state index in [2.05, 4.69) is 15.9 Å². The smallest absolute Gasteiger partial charge is 0.348 e. The third-order valence-electron chi connectivity index (χ3n) is 2.70.